The highest BCUT2D eigenvalue weighted by atomic mass is 32.1. The van der Waals surface area contributed by atoms with Gasteiger partial charge in [-0.05, 0) is 37.0 Å². The summed E-state index contributed by atoms with van der Waals surface area (Å²) in [5, 5.41) is 0. The number of esters is 1. The molecule has 0 aliphatic rings. The van der Waals surface area contributed by atoms with Crippen LogP contribution in [0.1, 0.15) is 53.7 Å². The Morgan fingerprint density at radius 3 is 2.52 bits per heavy atom. The summed E-state index contributed by atoms with van der Waals surface area (Å²) < 4.78 is 5.11. The number of aryl methyl sites for hydroxylation is 1. The first-order valence-electron chi connectivity index (χ1n) is 7.17. The number of ether oxygens (including phenoxy) is 1. The van der Waals surface area contributed by atoms with Gasteiger partial charge in [0.15, 0.2) is 0 Å². The lowest BCUT2D eigenvalue weighted by atomic mass is 10.0. The fourth-order valence-electron chi connectivity index (χ4n) is 2.25. The summed E-state index contributed by atoms with van der Waals surface area (Å²) in [7, 11) is 0. The van der Waals surface area contributed by atoms with Gasteiger partial charge < -0.3 is 10.5 Å². The van der Waals surface area contributed by atoms with Crippen LogP contribution in [0.15, 0.2) is 12.1 Å². The summed E-state index contributed by atoms with van der Waals surface area (Å²) in [4.78, 5) is 16.2. The third-order valence-electron chi connectivity index (χ3n) is 3.26. The molecule has 114 valence electrons. The molecule has 0 saturated carbocycles. The summed E-state index contributed by atoms with van der Waals surface area (Å²) in [6, 6.07) is 4.26. The van der Waals surface area contributed by atoms with Crippen LogP contribution in [0.4, 0.5) is 5.69 Å². The van der Waals surface area contributed by atoms with Crippen molar-refractivity contribution in [1.82, 2.24) is 0 Å². The number of carbonyl (C=O) groups excluding carboxylic acids is 1. The Bertz CT molecular complexity index is 641. The first-order chi connectivity index (χ1) is 9.99. The SMILES string of the molecule is CCOC(=O)c1sc(-c2ccc(CC)s2)c(C(C)C)c1N. The molecule has 0 fully saturated rings. The van der Waals surface area contributed by atoms with E-state index in [9.17, 15) is 4.79 Å². The Hall–Kier alpha value is -1.33. The van der Waals surface area contributed by atoms with Crippen molar-refractivity contribution in [2.75, 3.05) is 12.3 Å². The van der Waals surface area contributed by atoms with E-state index in [1.54, 1.807) is 18.3 Å². The molecule has 2 N–H and O–H groups in total. The van der Waals surface area contributed by atoms with Gasteiger partial charge >= 0.3 is 5.97 Å². The Morgan fingerprint density at radius 1 is 1.29 bits per heavy atom. The molecule has 3 nitrogen and oxygen atoms in total. The first kappa shape index (κ1) is 16.0. The van der Waals surface area contributed by atoms with E-state index in [2.05, 4.69) is 32.9 Å². The Kier molecular flexibility index (Phi) is 5.06. The number of rotatable bonds is 5. The maximum atomic E-state index is 12.1. The van der Waals surface area contributed by atoms with E-state index >= 15 is 0 Å². The van der Waals surface area contributed by atoms with Crippen LogP contribution in [0.25, 0.3) is 9.75 Å². The Labute approximate surface area is 133 Å². The minimum Gasteiger partial charge on any atom is -0.462 e. The number of thiophene rings is 2. The molecule has 5 heteroatoms. The second-order valence-corrected chi connectivity index (χ2v) is 7.27. The molecule has 2 aromatic rings. The molecule has 0 radical (unpaired) electrons. The maximum Gasteiger partial charge on any atom is 0.350 e. The molecular formula is C16H21NO2S2. The van der Waals surface area contributed by atoms with Crippen LogP contribution >= 0.6 is 22.7 Å². The smallest absolute Gasteiger partial charge is 0.350 e. The average molecular weight is 323 g/mol. The lowest BCUT2D eigenvalue weighted by Crippen LogP contribution is -2.06. The van der Waals surface area contributed by atoms with Crippen LogP contribution in [0.3, 0.4) is 0 Å². The van der Waals surface area contributed by atoms with Crippen molar-refractivity contribution in [3.63, 3.8) is 0 Å². The van der Waals surface area contributed by atoms with Crippen LogP contribution in [-0.4, -0.2) is 12.6 Å². The van der Waals surface area contributed by atoms with Gasteiger partial charge in [0.25, 0.3) is 0 Å². The van der Waals surface area contributed by atoms with Gasteiger partial charge in [-0.2, -0.15) is 0 Å². The number of hydrogen-bond acceptors (Lipinski definition) is 5. The normalized spacial score (nSPS) is 11.1. The van der Waals surface area contributed by atoms with Crippen LogP contribution in [0.2, 0.25) is 0 Å². The fraction of sp³-hybridized carbons (Fsp3) is 0.438. The fourth-order valence-corrected chi connectivity index (χ4v) is 4.59. The van der Waals surface area contributed by atoms with Crippen molar-refractivity contribution >= 4 is 34.3 Å². The van der Waals surface area contributed by atoms with Crippen molar-refractivity contribution in [3.8, 4) is 9.75 Å². The highest BCUT2D eigenvalue weighted by Crippen LogP contribution is 2.45. The van der Waals surface area contributed by atoms with Gasteiger partial charge in [-0.25, -0.2) is 4.79 Å². The van der Waals surface area contributed by atoms with E-state index in [0.29, 0.717) is 17.2 Å². The lowest BCUT2D eigenvalue weighted by molar-refractivity contribution is 0.0533. The van der Waals surface area contributed by atoms with Gasteiger partial charge in [0.05, 0.1) is 17.2 Å². The van der Waals surface area contributed by atoms with Crippen molar-refractivity contribution in [2.45, 2.75) is 40.0 Å². The van der Waals surface area contributed by atoms with Gasteiger partial charge in [0, 0.05) is 9.75 Å². The zero-order valence-corrected chi connectivity index (χ0v) is 14.5. The largest absolute Gasteiger partial charge is 0.462 e. The van der Waals surface area contributed by atoms with Crippen LogP contribution in [0, 0.1) is 0 Å². The second-order valence-electron chi connectivity index (χ2n) is 5.08. The van der Waals surface area contributed by atoms with Gasteiger partial charge in [0.2, 0.25) is 0 Å². The van der Waals surface area contributed by atoms with E-state index in [-0.39, 0.29) is 11.9 Å². The molecule has 2 rings (SSSR count). The number of anilines is 1. The Balaban J connectivity index is 2.54. The molecule has 0 aliphatic carbocycles. The van der Waals surface area contributed by atoms with E-state index in [0.717, 1.165) is 16.9 Å². The van der Waals surface area contributed by atoms with Gasteiger partial charge in [-0.15, -0.1) is 22.7 Å². The standard InChI is InChI=1S/C16H21NO2S2/c1-5-10-7-8-11(20-10)14-12(9(3)4)13(17)15(21-14)16(18)19-6-2/h7-9H,5-6,17H2,1-4H3. The topological polar surface area (TPSA) is 52.3 Å². The predicted molar refractivity (Wildman–Crippen MR) is 91.5 cm³/mol. The molecule has 0 aliphatic heterocycles. The summed E-state index contributed by atoms with van der Waals surface area (Å²) in [5.41, 5.74) is 7.87. The summed E-state index contributed by atoms with van der Waals surface area (Å²) in [5.74, 6) is -0.0491. The van der Waals surface area contributed by atoms with Gasteiger partial charge in [-0.1, -0.05) is 20.8 Å². The van der Waals surface area contributed by atoms with Crippen molar-refractivity contribution in [2.24, 2.45) is 0 Å². The zero-order chi connectivity index (χ0) is 15.6. The summed E-state index contributed by atoms with van der Waals surface area (Å²) in [6.07, 6.45) is 1.02. The molecule has 0 saturated heterocycles. The van der Waals surface area contributed by atoms with Crippen molar-refractivity contribution < 1.29 is 9.53 Å². The summed E-state index contributed by atoms with van der Waals surface area (Å²) in [6.45, 7) is 8.52. The quantitative estimate of drug-likeness (QED) is 0.794. The van der Waals surface area contributed by atoms with Crippen LogP contribution < -0.4 is 5.73 Å². The highest BCUT2D eigenvalue weighted by Gasteiger charge is 2.25. The number of hydrogen-bond donors (Lipinski definition) is 1. The molecule has 0 atom stereocenters. The molecule has 21 heavy (non-hydrogen) atoms. The molecule has 0 spiro atoms. The molecule has 2 heterocycles. The number of nitrogen functional groups attached to an aromatic ring is 1. The lowest BCUT2D eigenvalue weighted by Gasteiger charge is -2.07. The molecular weight excluding hydrogens is 302 g/mol. The van der Waals surface area contributed by atoms with Crippen LogP contribution in [-0.2, 0) is 11.2 Å². The van der Waals surface area contributed by atoms with Crippen LogP contribution in [0.5, 0.6) is 0 Å². The molecule has 0 unspecified atom stereocenters. The third kappa shape index (κ3) is 3.14. The van der Waals surface area contributed by atoms with E-state index in [1.165, 1.54) is 21.1 Å². The summed E-state index contributed by atoms with van der Waals surface area (Å²) >= 11 is 3.22. The van der Waals surface area contributed by atoms with E-state index in [1.807, 2.05) is 0 Å². The molecule has 0 amide bonds. The van der Waals surface area contributed by atoms with Crippen molar-refractivity contribution in [1.29, 1.82) is 0 Å². The highest BCUT2D eigenvalue weighted by molar-refractivity contribution is 7.23. The maximum absolute atomic E-state index is 12.1. The van der Waals surface area contributed by atoms with E-state index < -0.39 is 0 Å². The number of carbonyl (C=O) groups is 1. The average Bonchev–Trinajstić information content (AvgIpc) is 3.02. The zero-order valence-electron chi connectivity index (χ0n) is 12.9. The first-order valence-corrected chi connectivity index (χ1v) is 8.81. The molecule has 0 bridgehead atoms. The molecule has 0 aromatic carbocycles. The number of nitrogens with two attached hydrogens (primary N) is 1. The minimum atomic E-state index is -0.319. The molecule has 2 aromatic heterocycles. The van der Waals surface area contributed by atoms with E-state index in [4.69, 9.17) is 10.5 Å². The monoisotopic (exact) mass is 323 g/mol. The predicted octanol–water partition coefficient (Wildman–Crippen LogP) is 4.92. The minimum absolute atomic E-state index is 0.270. The third-order valence-corrected chi connectivity index (χ3v) is 5.87. The van der Waals surface area contributed by atoms with Gasteiger partial charge in [-0.3, -0.25) is 0 Å². The second kappa shape index (κ2) is 6.62. The van der Waals surface area contributed by atoms with Gasteiger partial charge in [0.1, 0.15) is 4.88 Å². The Morgan fingerprint density at radius 2 is 2.00 bits per heavy atom. The van der Waals surface area contributed by atoms with Crippen molar-refractivity contribution in [3.05, 3.63) is 27.5 Å².